The fraction of sp³-hybridized carbons (Fsp3) is 0.462. The number of hydrogen-bond donors (Lipinski definition) is 0. The van der Waals surface area contributed by atoms with E-state index >= 15 is 0 Å². The molecule has 1 aliphatic rings. The molecule has 0 radical (unpaired) electrons. The predicted molar refractivity (Wildman–Crippen MR) is 71.2 cm³/mol. The Balaban J connectivity index is 2.32. The van der Waals surface area contributed by atoms with Gasteiger partial charge in [-0.2, -0.15) is 5.26 Å². The van der Waals surface area contributed by atoms with Gasteiger partial charge in [-0.05, 0) is 47.5 Å². The molecule has 1 atom stereocenters. The van der Waals surface area contributed by atoms with Crippen LogP contribution < -0.4 is 4.90 Å². The lowest BCUT2D eigenvalue weighted by Gasteiger charge is -2.34. The van der Waals surface area contributed by atoms with Crippen LogP contribution in [0.25, 0.3) is 0 Å². The second-order valence-corrected chi connectivity index (χ2v) is 5.21. The number of nitrogens with zero attached hydrogens (tertiary/aromatic N) is 2. The molecule has 1 fully saturated rings. The topological polar surface area (TPSA) is 36.3 Å². The number of aryl methyl sites for hydroxylation is 1. The van der Waals surface area contributed by atoms with Crippen molar-refractivity contribution < 1.29 is 4.74 Å². The Morgan fingerprint density at radius 1 is 1.53 bits per heavy atom. The summed E-state index contributed by atoms with van der Waals surface area (Å²) in [6, 6.07) is 6.15. The summed E-state index contributed by atoms with van der Waals surface area (Å²) in [6.07, 6.45) is 0.262. The first kappa shape index (κ1) is 12.4. The van der Waals surface area contributed by atoms with Gasteiger partial charge in [-0.1, -0.05) is 0 Å². The molecule has 4 heteroatoms. The van der Waals surface area contributed by atoms with Crippen molar-refractivity contribution in [3.8, 4) is 6.07 Å². The molecule has 1 aromatic rings. The van der Waals surface area contributed by atoms with Gasteiger partial charge in [-0.3, -0.25) is 0 Å². The molecule has 1 saturated heterocycles. The van der Waals surface area contributed by atoms with Gasteiger partial charge in [0.05, 0.1) is 18.3 Å². The van der Waals surface area contributed by atoms with E-state index in [2.05, 4.69) is 33.8 Å². The maximum absolute atomic E-state index is 8.97. The molecular formula is C13H15BrN2O. The van der Waals surface area contributed by atoms with Crippen LogP contribution in [0.3, 0.4) is 0 Å². The molecule has 0 saturated carbocycles. The molecule has 1 aromatic carbocycles. The Hall–Kier alpha value is -1.05. The first-order valence-corrected chi connectivity index (χ1v) is 6.48. The van der Waals surface area contributed by atoms with E-state index in [1.54, 1.807) is 0 Å². The lowest BCUT2D eigenvalue weighted by Crippen LogP contribution is -2.41. The van der Waals surface area contributed by atoms with Crippen molar-refractivity contribution in [3.63, 3.8) is 0 Å². The van der Waals surface area contributed by atoms with E-state index in [1.165, 1.54) is 5.69 Å². The second kappa shape index (κ2) is 5.07. The second-order valence-electron chi connectivity index (χ2n) is 4.36. The minimum Gasteiger partial charge on any atom is -0.375 e. The van der Waals surface area contributed by atoms with Crippen LogP contribution in [0.15, 0.2) is 16.6 Å². The number of nitriles is 1. The number of morpholine rings is 1. The molecule has 0 spiro atoms. The molecule has 0 amide bonds. The predicted octanol–water partition coefficient (Wildman–Crippen LogP) is 2.85. The maximum atomic E-state index is 8.97. The lowest BCUT2D eigenvalue weighted by molar-refractivity contribution is 0.0532. The molecule has 1 aliphatic heterocycles. The highest BCUT2D eigenvalue weighted by Crippen LogP contribution is 2.29. The highest BCUT2D eigenvalue weighted by molar-refractivity contribution is 9.10. The van der Waals surface area contributed by atoms with Gasteiger partial charge in [0.25, 0.3) is 0 Å². The van der Waals surface area contributed by atoms with Crippen LogP contribution in [0.4, 0.5) is 5.69 Å². The highest BCUT2D eigenvalue weighted by atomic mass is 79.9. The van der Waals surface area contributed by atoms with Gasteiger partial charge in [-0.25, -0.2) is 0 Å². The molecule has 17 heavy (non-hydrogen) atoms. The van der Waals surface area contributed by atoms with Gasteiger partial charge in [0, 0.05) is 23.2 Å². The first-order chi connectivity index (χ1) is 8.11. The van der Waals surface area contributed by atoms with Crippen LogP contribution in [0.2, 0.25) is 0 Å². The minimum atomic E-state index is 0.262. The van der Waals surface area contributed by atoms with E-state index in [9.17, 15) is 0 Å². The van der Waals surface area contributed by atoms with E-state index in [-0.39, 0.29) is 6.10 Å². The summed E-state index contributed by atoms with van der Waals surface area (Å²) in [5.74, 6) is 0. The fourth-order valence-electron chi connectivity index (χ4n) is 2.13. The summed E-state index contributed by atoms with van der Waals surface area (Å²) < 4.78 is 6.40. The largest absolute Gasteiger partial charge is 0.375 e. The fourth-order valence-corrected chi connectivity index (χ4v) is 2.55. The highest BCUT2D eigenvalue weighted by Gasteiger charge is 2.19. The summed E-state index contributed by atoms with van der Waals surface area (Å²) in [4.78, 5) is 2.31. The number of ether oxygens (including phenoxy) is 1. The Bertz CT molecular complexity index is 467. The maximum Gasteiger partial charge on any atom is 0.100 e. The third-order valence-electron chi connectivity index (χ3n) is 2.99. The quantitative estimate of drug-likeness (QED) is 0.799. The lowest BCUT2D eigenvalue weighted by atomic mass is 10.1. The zero-order chi connectivity index (χ0) is 12.4. The summed E-state index contributed by atoms with van der Waals surface area (Å²) in [6.45, 7) is 6.70. The molecule has 2 rings (SSSR count). The average molecular weight is 295 g/mol. The van der Waals surface area contributed by atoms with Crippen molar-refractivity contribution in [1.29, 1.82) is 5.26 Å². The smallest absolute Gasteiger partial charge is 0.100 e. The van der Waals surface area contributed by atoms with Crippen molar-refractivity contribution >= 4 is 21.6 Å². The number of hydrogen-bond acceptors (Lipinski definition) is 3. The van der Waals surface area contributed by atoms with Crippen LogP contribution in [0, 0.1) is 18.3 Å². The van der Waals surface area contributed by atoms with E-state index in [0.717, 1.165) is 29.7 Å². The van der Waals surface area contributed by atoms with Gasteiger partial charge >= 0.3 is 0 Å². The van der Waals surface area contributed by atoms with Gasteiger partial charge in [0.2, 0.25) is 0 Å². The Morgan fingerprint density at radius 3 is 2.94 bits per heavy atom. The van der Waals surface area contributed by atoms with Crippen LogP contribution >= 0.6 is 15.9 Å². The van der Waals surface area contributed by atoms with Crippen LogP contribution in [-0.2, 0) is 4.74 Å². The van der Waals surface area contributed by atoms with Crippen LogP contribution in [0.1, 0.15) is 18.1 Å². The molecule has 90 valence electrons. The van der Waals surface area contributed by atoms with Crippen molar-refractivity contribution in [3.05, 3.63) is 27.7 Å². The van der Waals surface area contributed by atoms with E-state index in [1.807, 2.05) is 19.1 Å². The molecular weight excluding hydrogens is 280 g/mol. The summed E-state index contributed by atoms with van der Waals surface area (Å²) in [7, 11) is 0. The normalized spacial score (nSPS) is 20.1. The molecule has 1 heterocycles. The van der Waals surface area contributed by atoms with Crippen molar-refractivity contribution in [2.24, 2.45) is 0 Å². The van der Waals surface area contributed by atoms with Gasteiger partial charge in [-0.15, -0.1) is 0 Å². The SMILES string of the molecule is Cc1cc(C#N)c(Br)cc1N1CCOC(C)C1. The van der Waals surface area contributed by atoms with E-state index < -0.39 is 0 Å². The standard InChI is InChI=1S/C13H15BrN2O/c1-9-5-11(7-15)12(14)6-13(9)16-3-4-17-10(2)8-16/h5-6,10H,3-4,8H2,1-2H3. The number of rotatable bonds is 1. The van der Waals surface area contributed by atoms with Crippen LogP contribution in [0.5, 0.6) is 0 Å². The van der Waals surface area contributed by atoms with Crippen LogP contribution in [-0.4, -0.2) is 25.8 Å². The monoisotopic (exact) mass is 294 g/mol. The number of halogens is 1. The molecule has 0 aromatic heterocycles. The Labute approximate surface area is 110 Å². The summed E-state index contributed by atoms with van der Waals surface area (Å²) >= 11 is 3.44. The third-order valence-corrected chi connectivity index (χ3v) is 3.64. The molecule has 0 N–H and O–H groups in total. The van der Waals surface area contributed by atoms with Gasteiger partial charge in [0.15, 0.2) is 0 Å². The third kappa shape index (κ3) is 2.62. The zero-order valence-corrected chi connectivity index (χ0v) is 11.6. The molecule has 0 aliphatic carbocycles. The molecule has 3 nitrogen and oxygen atoms in total. The summed E-state index contributed by atoms with van der Waals surface area (Å²) in [5, 5.41) is 8.97. The Kier molecular flexibility index (Phi) is 3.70. The molecule has 1 unspecified atom stereocenters. The van der Waals surface area contributed by atoms with Crippen molar-refractivity contribution in [2.45, 2.75) is 20.0 Å². The average Bonchev–Trinajstić information content (AvgIpc) is 2.31. The molecule has 0 bridgehead atoms. The van der Waals surface area contributed by atoms with Crippen molar-refractivity contribution in [1.82, 2.24) is 0 Å². The van der Waals surface area contributed by atoms with E-state index in [4.69, 9.17) is 10.00 Å². The van der Waals surface area contributed by atoms with Crippen molar-refractivity contribution in [2.75, 3.05) is 24.6 Å². The van der Waals surface area contributed by atoms with Gasteiger partial charge in [0.1, 0.15) is 6.07 Å². The first-order valence-electron chi connectivity index (χ1n) is 5.68. The minimum absolute atomic E-state index is 0.262. The Morgan fingerprint density at radius 2 is 2.29 bits per heavy atom. The summed E-state index contributed by atoms with van der Waals surface area (Å²) in [5.41, 5.74) is 3.01. The van der Waals surface area contributed by atoms with Gasteiger partial charge < -0.3 is 9.64 Å². The number of benzene rings is 1. The van der Waals surface area contributed by atoms with E-state index in [0.29, 0.717) is 5.56 Å². The zero-order valence-electron chi connectivity index (χ0n) is 10.0. The number of anilines is 1.